The van der Waals surface area contributed by atoms with Crippen molar-refractivity contribution in [3.05, 3.63) is 66.2 Å². The van der Waals surface area contributed by atoms with Gasteiger partial charge in [-0.1, -0.05) is 42.0 Å². The number of aryl methyl sites for hydroxylation is 3. The number of oxazole rings is 1. The van der Waals surface area contributed by atoms with E-state index < -0.39 is 0 Å². The minimum Gasteiger partial charge on any atom is -0.441 e. The van der Waals surface area contributed by atoms with Gasteiger partial charge in [-0.05, 0) is 32.4 Å². The van der Waals surface area contributed by atoms with E-state index in [1.807, 2.05) is 66.9 Å². The predicted molar refractivity (Wildman–Crippen MR) is 124 cm³/mol. The molecule has 0 aliphatic heterocycles. The molecule has 2 heterocycles. The number of fused-ring (bicyclic) bond motifs is 1. The van der Waals surface area contributed by atoms with Crippen molar-refractivity contribution in [3.63, 3.8) is 0 Å². The van der Waals surface area contributed by atoms with Gasteiger partial charge in [-0.3, -0.25) is 10.1 Å². The minimum absolute atomic E-state index is 0.124. The van der Waals surface area contributed by atoms with Crippen molar-refractivity contribution in [3.8, 4) is 11.3 Å². The maximum atomic E-state index is 12.6. The first-order valence-corrected chi connectivity index (χ1v) is 11.0. The molecule has 4 aromatic rings. The lowest BCUT2D eigenvalue weighted by Crippen LogP contribution is -2.17. The molecular formula is C25H28N4O3. The topological polar surface area (TPSA) is 82.2 Å². The lowest BCUT2D eigenvalue weighted by molar-refractivity contribution is -0.116. The van der Waals surface area contributed by atoms with Crippen LogP contribution in [0.5, 0.6) is 0 Å². The van der Waals surface area contributed by atoms with E-state index >= 15 is 0 Å². The van der Waals surface area contributed by atoms with Crippen LogP contribution in [0.25, 0.3) is 22.4 Å². The molecule has 7 nitrogen and oxygen atoms in total. The Morgan fingerprint density at radius 2 is 1.97 bits per heavy atom. The van der Waals surface area contributed by atoms with Crippen LogP contribution >= 0.6 is 0 Å². The third kappa shape index (κ3) is 5.23. The summed E-state index contributed by atoms with van der Waals surface area (Å²) in [4.78, 5) is 21.6. The second kappa shape index (κ2) is 10.2. The van der Waals surface area contributed by atoms with Crippen molar-refractivity contribution in [1.82, 2.24) is 14.5 Å². The lowest BCUT2D eigenvalue weighted by Gasteiger charge is -2.10. The van der Waals surface area contributed by atoms with Crippen LogP contribution in [0.15, 0.2) is 59.1 Å². The maximum Gasteiger partial charge on any atom is 0.227 e. The summed E-state index contributed by atoms with van der Waals surface area (Å²) in [5, 5.41) is 2.96. The van der Waals surface area contributed by atoms with Crippen LogP contribution in [0.1, 0.15) is 31.2 Å². The summed E-state index contributed by atoms with van der Waals surface area (Å²) >= 11 is 0. The highest BCUT2D eigenvalue weighted by atomic mass is 16.5. The smallest absolute Gasteiger partial charge is 0.227 e. The first-order chi connectivity index (χ1) is 15.6. The average molecular weight is 433 g/mol. The first-order valence-electron chi connectivity index (χ1n) is 11.0. The Morgan fingerprint density at radius 1 is 1.16 bits per heavy atom. The number of aromatic nitrogens is 3. The molecule has 0 radical (unpaired) electrons. The summed E-state index contributed by atoms with van der Waals surface area (Å²) < 4.78 is 13.3. The number of imidazole rings is 1. The molecule has 1 N–H and O–H groups in total. The van der Waals surface area contributed by atoms with E-state index in [2.05, 4.69) is 15.3 Å². The number of rotatable bonds is 10. The molecule has 4 rings (SSSR count). The van der Waals surface area contributed by atoms with E-state index in [1.54, 1.807) is 6.20 Å². The van der Waals surface area contributed by atoms with Gasteiger partial charge in [0.1, 0.15) is 0 Å². The number of ether oxygens (including phenoxy) is 1. The fraction of sp³-hybridized carbons (Fsp3) is 0.320. The van der Waals surface area contributed by atoms with Gasteiger partial charge in [-0.2, -0.15) is 0 Å². The molecule has 0 atom stereocenters. The van der Waals surface area contributed by atoms with Crippen LogP contribution in [-0.2, 0) is 22.5 Å². The summed E-state index contributed by atoms with van der Waals surface area (Å²) in [6.07, 6.45) is 3.23. The summed E-state index contributed by atoms with van der Waals surface area (Å²) in [6, 6.07) is 16.0. The van der Waals surface area contributed by atoms with Crippen LogP contribution in [0.4, 0.5) is 5.95 Å². The number of amides is 1. The molecule has 32 heavy (non-hydrogen) atoms. The monoisotopic (exact) mass is 432 g/mol. The zero-order chi connectivity index (χ0) is 22.3. The SMILES string of the molecule is CCOCCCn1c(NC(=O)CCc2ncc(-c3ccc(C)cc3)o2)nc2ccccc21. The van der Waals surface area contributed by atoms with Crippen LogP contribution in [0.3, 0.4) is 0 Å². The second-order valence-electron chi connectivity index (χ2n) is 7.66. The van der Waals surface area contributed by atoms with Gasteiger partial charge in [-0.25, -0.2) is 9.97 Å². The van der Waals surface area contributed by atoms with Crippen molar-refractivity contribution in [2.45, 2.75) is 39.7 Å². The number of carbonyl (C=O) groups excluding carboxylic acids is 1. The molecule has 166 valence electrons. The Labute approximate surface area is 187 Å². The standard InChI is InChI=1S/C25H28N4O3/c1-3-31-16-6-15-29-21-8-5-4-7-20(21)27-25(29)28-23(30)13-14-24-26-17-22(32-24)19-11-9-18(2)10-12-19/h4-5,7-12,17H,3,6,13-16H2,1-2H3,(H,27,28,30). The van der Waals surface area contributed by atoms with Gasteiger partial charge in [0.2, 0.25) is 11.9 Å². The van der Waals surface area contributed by atoms with Gasteiger partial charge in [-0.15, -0.1) is 0 Å². The van der Waals surface area contributed by atoms with Crippen molar-refractivity contribution in [1.29, 1.82) is 0 Å². The van der Waals surface area contributed by atoms with Gasteiger partial charge in [0.25, 0.3) is 0 Å². The molecule has 0 aliphatic rings. The molecule has 0 unspecified atom stereocenters. The number of hydrogen-bond donors (Lipinski definition) is 1. The molecule has 0 aliphatic carbocycles. The van der Waals surface area contributed by atoms with E-state index in [0.29, 0.717) is 37.2 Å². The zero-order valence-corrected chi connectivity index (χ0v) is 18.5. The van der Waals surface area contributed by atoms with E-state index in [9.17, 15) is 4.79 Å². The number of nitrogens with one attached hydrogen (secondary N) is 1. The van der Waals surface area contributed by atoms with Gasteiger partial charge >= 0.3 is 0 Å². The molecule has 0 fully saturated rings. The fourth-order valence-corrected chi connectivity index (χ4v) is 3.55. The lowest BCUT2D eigenvalue weighted by atomic mass is 10.1. The second-order valence-corrected chi connectivity index (χ2v) is 7.66. The number of para-hydroxylation sites is 2. The molecule has 2 aromatic carbocycles. The van der Waals surface area contributed by atoms with Crippen molar-refractivity contribution >= 4 is 22.9 Å². The predicted octanol–water partition coefficient (Wildman–Crippen LogP) is 5.00. The summed E-state index contributed by atoms with van der Waals surface area (Å²) in [6.45, 7) is 6.11. The third-order valence-corrected chi connectivity index (χ3v) is 5.24. The van der Waals surface area contributed by atoms with Crippen molar-refractivity contribution in [2.75, 3.05) is 18.5 Å². The highest BCUT2D eigenvalue weighted by molar-refractivity contribution is 5.91. The van der Waals surface area contributed by atoms with E-state index in [0.717, 1.165) is 29.6 Å². The van der Waals surface area contributed by atoms with Gasteiger partial charge in [0.05, 0.1) is 17.2 Å². The zero-order valence-electron chi connectivity index (χ0n) is 18.5. The Hall–Kier alpha value is -3.45. The molecule has 7 heteroatoms. The van der Waals surface area contributed by atoms with Crippen molar-refractivity contribution in [2.24, 2.45) is 0 Å². The largest absolute Gasteiger partial charge is 0.441 e. The Kier molecular flexibility index (Phi) is 6.97. The van der Waals surface area contributed by atoms with Gasteiger partial charge in [0, 0.05) is 38.2 Å². The number of nitrogens with zero attached hydrogens (tertiary/aromatic N) is 3. The highest BCUT2D eigenvalue weighted by Crippen LogP contribution is 2.22. The van der Waals surface area contributed by atoms with E-state index in [1.165, 1.54) is 5.56 Å². The number of anilines is 1. The molecule has 0 bridgehead atoms. The van der Waals surface area contributed by atoms with Crippen LogP contribution in [0.2, 0.25) is 0 Å². The van der Waals surface area contributed by atoms with Crippen molar-refractivity contribution < 1.29 is 13.9 Å². The Bertz CT molecular complexity index is 1180. The highest BCUT2D eigenvalue weighted by Gasteiger charge is 2.14. The maximum absolute atomic E-state index is 12.6. The number of benzene rings is 2. The normalized spacial score (nSPS) is 11.2. The average Bonchev–Trinajstić information content (AvgIpc) is 3.41. The van der Waals surface area contributed by atoms with Gasteiger partial charge in [0.15, 0.2) is 11.7 Å². The molecular weight excluding hydrogens is 404 g/mol. The fourth-order valence-electron chi connectivity index (χ4n) is 3.55. The van der Waals surface area contributed by atoms with E-state index in [-0.39, 0.29) is 12.3 Å². The number of hydrogen-bond acceptors (Lipinski definition) is 5. The first kappa shape index (κ1) is 21.8. The van der Waals surface area contributed by atoms with Gasteiger partial charge < -0.3 is 13.7 Å². The van der Waals surface area contributed by atoms with Crippen LogP contribution in [-0.4, -0.2) is 33.7 Å². The van der Waals surface area contributed by atoms with Crippen LogP contribution < -0.4 is 5.32 Å². The van der Waals surface area contributed by atoms with E-state index in [4.69, 9.17) is 9.15 Å². The Balaban J connectivity index is 1.39. The minimum atomic E-state index is -0.124. The third-order valence-electron chi connectivity index (χ3n) is 5.24. The van der Waals surface area contributed by atoms with Crippen LogP contribution in [0, 0.1) is 6.92 Å². The summed E-state index contributed by atoms with van der Waals surface area (Å²) in [7, 11) is 0. The Morgan fingerprint density at radius 3 is 2.78 bits per heavy atom. The molecule has 0 spiro atoms. The molecule has 2 aromatic heterocycles. The molecule has 0 saturated heterocycles. The number of carbonyl (C=O) groups is 1. The summed E-state index contributed by atoms with van der Waals surface area (Å²) in [5.74, 6) is 1.68. The quantitative estimate of drug-likeness (QED) is 0.357. The summed E-state index contributed by atoms with van der Waals surface area (Å²) in [5.41, 5.74) is 4.01. The molecule has 1 amide bonds. The molecule has 0 saturated carbocycles.